The molecule has 0 aromatic heterocycles. The van der Waals surface area contributed by atoms with Crippen molar-refractivity contribution >= 4 is 23.5 Å². The molecule has 28 heavy (non-hydrogen) atoms. The van der Waals surface area contributed by atoms with E-state index in [0.29, 0.717) is 30.1 Å². The minimum absolute atomic E-state index is 0.327. The number of cyclic esters (lactones) is 1. The summed E-state index contributed by atoms with van der Waals surface area (Å²) in [7, 11) is 0. The van der Waals surface area contributed by atoms with Gasteiger partial charge in [-0.15, -0.1) is 0 Å². The molecule has 148 valence electrons. The highest BCUT2D eigenvalue weighted by molar-refractivity contribution is 5.93. The van der Waals surface area contributed by atoms with Crippen molar-refractivity contribution in [2.45, 2.75) is 26.8 Å². The van der Waals surface area contributed by atoms with Crippen LogP contribution in [0.1, 0.15) is 32.4 Å². The predicted molar refractivity (Wildman–Crippen MR) is 106 cm³/mol. The fourth-order valence-corrected chi connectivity index (χ4v) is 3.16. The molecule has 6 nitrogen and oxygen atoms in total. The van der Waals surface area contributed by atoms with E-state index < -0.39 is 12.1 Å². The van der Waals surface area contributed by atoms with Crippen LogP contribution in [0.25, 0.3) is 0 Å². The van der Waals surface area contributed by atoms with Gasteiger partial charge in [-0.2, -0.15) is 0 Å². The maximum Gasteiger partial charge on any atom is 0.414 e. The minimum Gasteiger partial charge on any atom is -0.447 e. The summed E-state index contributed by atoms with van der Waals surface area (Å²) < 4.78 is 18.6. The summed E-state index contributed by atoms with van der Waals surface area (Å²) in [5, 5.41) is 5.71. The second-order valence-corrected chi connectivity index (χ2v) is 7.77. The summed E-state index contributed by atoms with van der Waals surface area (Å²) in [6.45, 7) is 6.74. The summed E-state index contributed by atoms with van der Waals surface area (Å²) in [5.74, 6) is -0.348. The Bertz CT molecular complexity index is 879. The lowest BCUT2D eigenvalue weighted by molar-refractivity contribution is 0.181. The van der Waals surface area contributed by atoms with Gasteiger partial charge in [-0.05, 0) is 41.3 Å². The Morgan fingerprint density at radius 1 is 1.18 bits per heavy atom. The highest BCUT2D eigenvalue weighted by Crippen LogP contribution is 2.33. The van der Waals surface area contributed by atoms with E-state index in [1.807, 2.05) is 20.8 Å². The molecule has 1 aliphatic rings. The van der Waals surface area contributed by atoms with Crippen LogP contribution in [0, 0.1) is 11.2 Å². The summed E-state index contributed by atoms with van der Waals surface area (Å²) in [5.41, 5.74) is 1.56. The molecule has 0 bridgehead atoms. The molecule has 7 heteroatoms. The van der Waals surface area contributed by atoms with Crippen LogP contribution in [0.4, 0.5) is 25.4 Å². The van der Waals surface area contributed by atoms with Crippen molar-refractivity contribution in [3.63, 3.8) is 0 Å². The monoisotopic (exact) mass is 385 g/mol. The van der Waals surface area contributed by atoms with Gasteiger partial charge >= 0.3 is 12.1 Å². The molecule has 1 unspecified atom stereocenters. The van der Waals surface area contributed by atoms with Gasteiger partial charge in [-0.1, -0.05) is 39.0 Å². The number of halogens is 1. The Kier molecular flexibility index (Phi) is 5.53. The summed E-state index contributed by atoms with van der Waals surface area (Å²) >= 11 is 0. The van der Waals surface area contributed by atoms with Gasteiger partial charge in [0, 0.05) is 11.4 Å². The lowest BCUT2D eigenvalue weighted by Crippen LogP contribution is -2.39. The molecular formula is C21H24FN3O3. The Balaban J connectivity index is 1.74. The quantitative estimate of drug-likeness (QED) is 0.802. The number of urea groups is 1. The van der Waals surface area contributed by atoms with E-state index in [1.54, 1.807) is 36.4 Å². The smallest absolute Gasteiger partial charge is 0.414 e. The SMILES string of the molecule is CC(C)(C)C(NC(=O)Nc1cccc(N2CCOC2=O)c1)c1cccc(F)c1. The van der Waals surface area contributed by atoms with Gasteiger partial charge in [0.15, 0.2) is 0 Å². The predicted octanol–water partition coefficient (Wildman–Crippen LogP) is 4.69. The number of hydrogen-bond donors (Lipinski definition) is 2. The fraction of sp³-hybridized carbons (Fsp3) is 0.333. The first-order chi connectivity index (χ1) is 13.2. The van der Waals surface area contributed by atoms with E-state index in [2.05, 4.69) is 10.6 Å². The molecule has 3 rings (SSSR count). The van der Waals surface area contributed by atoms with Crippen molar-refractivity contribution < 1.29 is 18.7 Å². The van der Waals surface area contributed by atoms with Crippen LogP contribution >= 0.6 is 0 Å². The molecule has 0 aliphatic carbocycles. The molecular weight excluding hydrogens is 361 g/mol. The van der Waals surface area contributed by atoms with Crippen molar-refractivity contribution in [1.29, 1.82) is 0 Å². The highest BCUT2D eigenvalue weighted by atomic mass is 19.1. The zero-order valence-corrected chi connectivity index (χ0v) is 16.2. The van der Waals surface area contributed by atoms with E-state index >= 15 is 0 Å². The lowest BCUT2D eigenvalue weighted by atomic mass is 9.82. The van der Waals surface area contributed by atoms with Crippen molar-refractivity contribution in [3.8, 4) is 0 Å². The number of nitrogens with zero attached hydrogens (tertiary/aromatic N) is 1. The zero-order chi connectivity index (χ0) is 20.3. The molecule has 1 atom stereocenters. The normalized spacial score (nSPS) is 15.1. The Hall–Kier alpha value is -3.09. The standard InChI is InChI=1S/C21H24FN3O3/c1-21(2,3)18(14-6-4-7-15(22)12-14)24-19(26)23-16-8-5-9-17(13-16)25-10-11-28-20(25)27/h4-9,12-13,18H,10-11H2,1-3H3,(H2,23,24,26). The molecule has 2 N–H and O–H groups in total. The molecule has 3 amide bonds. The first kappa shape index (κ1) is 19.7. The largest absolute Gasteiger partial charge is 0.447 e. The third-order valence-electron chi connectivity index (χ3n) is 4.50. The van der Waals surface area contributed by atoms with Crippen LogP contribution < -0.4 is 15.5 Å². The van der Waals surface area contributed by atoms with Crippen LogP contribution in [-0.2, 0) is 4.74 Å². The third kappa shape index (κ3) is 4.60. The van der Waals surface area contributed by atoms with E-state index in [4.69, 9.17) is 4.74 Å². The van der Waals surface area contributed by atoms with Gasteiger partial charge in [0.1, 0.15) is 12.4 Å². The molecule has 1 fully saturated rings. The van der Waals surface area contributed by atoms with Crippen LogP contribution in [-0.4, -0.2) is 25.3 Å². The average molecular weight is 385 g/mol. The minimum atomic E-state index is -0.412. The molecule has 1 heterocycles. The topological polar surface area (TPSA) is 70.7 Å². The number of ether oxygens (including phenoxy) is 1. The molecule has 0 saturated carbocycles. The second kappa shape index (κ2) is 7.88. The Labute approximate surface area is 163 Å². The number of nitrogens with one attached hydrogen (secondary N) is 2. The van der Waals surface area contributed by atoms with E-state index in [-0.39, 0.29) is 17.3 Å². The second-order valence-electron chi connectivity index (χ2n) is 7.77. The Morgan fingerprint density at radius 2 is 1.93 bits per heavy atom. The van der Waals surface area contributed by atoms with Gasteiger partial charge in [-0.3, -0.25) is 4.90 Å². The van der Waals surface area contributed by atoms with Gasteiger partial charge in [0.25, 0.3) is 0 Å². The number of amides is 3. The van der Waals surface area contributed by atoms with E-state index in [9.17, 15) is 14.0 Å². The summed E-state index contributed by atoms with van der Waals surface area (Å²) in [4.78, 5) is 25.8. The number of anilines is 2. The average Bonchev–Trinajstić information content (AvgIpc) is 3.05. The number of rotatable bonds is 4. The molecule has 1 aliphatic heterocycles. The van der Waals surface area contributed by atoms with Crippen molar-refractivity contribution in [2.75, 3.05) is 23.4 Å². The maximum atomic E-state index is 13.7. The van der Waals surface area contributed by atoms with Crippen LogP contribution in [0.2, 0.25) is 0 Å². The number of hydrogen-bond acceptors (Lipinski definition) is 3. The van der Waals surface area contributed by atoms with Crippen LogP contribution in [0.15, 0.2) is 48.5 Å². The van der Waals surface area contributed by atoms with Crippen molar-refractivity contribution in [3.05, 3.63) is 59.9 Å². The van der Waals surface area contributed by atoms with Crippen LogP contribution in [0.3, 0.4) is 0 Å². The first-order valence-corrected chi connectivity index (χ1v) is 9.11. The molecule has 1 saturated heterocycles. The molecule has 2 aromatic carbocycles. The van der Waals surface area contributed by atoms with Gasteiger partial charge < -0.3 is 15.4 Å². The zero-order valence-electron chi connectivity index (χ0n) is 16.2. The number of carbonyl (C=O) groups is 2. The summed E-state index contributed by atoms with van der Waals surface area (Å²) in [6, 6.07) is 12.4. The lowest BCUT2D eigenvalue weighted by Gasteiger charge is -2.32. The summed E-state index contributed by atoms with van der Waals surface area (Å²) in [6.07, 6.45) is -0.402. The van der Waals surface area contributed by atoms with Crippen LogP contribution in [0.5, 0.6) is 0 Å². The van der Waals surface area contributed by atoms with Crippen molar-refractivity contribution in [2.24, 2.45) is 5.41 Å². The number of carbonyl (C=O) groups excluding carboxylic acids is 2. The van der Waals surface area contributed by atoms with Crippen molar-refractivity contribution in [1.82, 2.24) is 5.32 Å². The fourth-order valence-electron chi connectivity index (χ4n) is 3.16. The van der Waals surface area contributed by atoms with Gasteiger partial charge in [0.2, 0.25) is 0 Å². The van der Waals surface area contributed by atoms with Gasteiger partial charge in [-0.25, -0.2) is 14.0 Å². The highest BCUT2D eigenvalue weighted by Gasteiger charge is 2.28. The first-order valence-electron chi connectivity index (χ1n) is 9.11. The van der Waals surface area contributed by atoms with E-state index in [1.165, 1.54) is 17.0 Å². The van der Waals surface area contributed by atoms with E-state index in [0.717, 1.165) is 0 Å². The maximum absolute atomic E-state index is 13.7. The Morgan fingerprint density at radius 3 is 2.57 bits per heavy atom. The third-order valence-corrected chi connectivity index (χ3v) is 4.50. The molecule has 0 spiro atoms. The molecule has 0 radical (unpaired) electrons. The molecule has 2 aromatic rings. The van der Waals surface area contributed by atoms with Gasteiger partial charge in [0.05, 0.1) is 12.6 Å². The number of benzene rings is 2.